The SMILES string of the molecule is Cc1c(C(=O)c2ccccc2)ccc2[nH]c(NC(=O)O)nc12. The van der Waals surface area contributed by atoms with E-state index < -0.39 is 6.09 Å². The third kappa shape index (κ3) is 2.42. The van der Waals surface area contributed by atoms with E-state index >= 15 is 0 Å². The number of H-pyrrole nitrogens is 1. The maximum absolute atomic E-state index is 12.5. The van der Waals surface area contributed by atoms with Crippen LogP contribution in [0.4, 0.5) is 10.7 Å². The fourth-order valence-corrected chi connectivity index (χ4v) is 2.36. The number of aromatic nitrogens is 2. The first-order valence-corrected chi connectivity index (χ1v) is 6.65. The molecule has 2 aromatic carbocycles. The molecule has 0 aliphatic rings. The number of imidazole rings is 1. The Labute approximate surface area is 125 Å². The van der Waals surface area contributed by atoms with Crippen molar-refractivity contribution in [2.75, 3.05) is 5.32 Å². The zero-order valence-corrected chi connectivity index (χ0v) is 11.8. The van der Waals surface area contributed by atoms with Crippen LogP contribution in [-0.4, -0.2) is 27.0 Å². The van der Waals surface area contributed by atoms with Gasteiger partial charge in [-0.25, -0.2) is 9.78 Å². The summed E-state index contributed by atoms with van der Waals surface area (Å²) in [6.07, 6.45) is -1.20. The van der Waals surface area contributed by atoms with Gasteiger partial charge in [0.1, 0.15) is 0 Å². The van der Waals surface area contributed by atoms with Crippen LogP contribution in [-0.2, 0) is 0 Å². The summed E-state index contributed by atoms with van der Waals surface area (Å²) in [6.45, 7) is 1.80. The van der Waals surface area contributed by atoms with Crippen LogP contribution in [0.3, 0.4) is 0 Å². The maximum atomic E-state index is 12.5. The molecule has 0 fully saturated rings. The van der Waals surface area contributed by atoms with Crippen molar-refractivity contribution >= 4 is 28.9 Å². The minimum absolute atomic E-state index is 0.0873. The summed E-state index contributed by atoms with van der Waals surface area (Å²) in [5.74, 6) is 0.0469. The number of amides is 1. The lowest BCUT2D eigenvalue weighted by Crippen LogP contribution is -2.08. The van der Waals surface area contributed by atoms with E-state index in [9.17, 15) is 9.59 Å². The van der Waals surface area contributed by atoms with Crippen molar-refractivity contribution in [2.24, 2.45) is 0 Å². The molecule has 6 heteroatoms. The van der Waals surface area contributed by atoms with Crippen LogP contribution < -0.4 is 5.32 Å². The van der Waals surface area contributed by atoms with E-state index in [1.165, 1.54) is 0 Å². The molecule has 6 nitrogen and oxygen atoms in total. The van der Waals surface area contributed by atoms with Crippen LogP contribution in [0.15, 0.2) is 42.5 Å². The average Bonchev–Trinajstić information content (AvgIpc) is 2.90. The van der Waals surface area contributed by atoms with Crippen molar-refractivity contribution in [1.29, 1.82) is 0 Å². The van der Waals surface area contributed by atoms with Gasteiger partial charge in [-0.3, -0.25) is 10.1 Å². The highest BCUT2D eigenvalue weighted by atomic mass is 16.4. The minimum Gasteiger partial charge on any atom is -0.465 e. The number of hydrogen-bond acceptors (Lipinski definition) is 3. The number of aryl methyl sites for hydroxylation is 1. The zero-order chi connectivity index (χ0) is 15.7. The molecule has 0 aliphatic carbocycles. The highest BCUT2D eigenvalue weighted by molar-refractivity contribution is 6.11. The van der Waals surface area contributed by atoms with Crippen LogP contribution in [0, 0.1) is 6.92 Å². The highest BCUT2D eigenvalue weighted by Crippen LogP contribution is 2.23. The van der Waals surface area contributed by atoms with Crippen LogP contribution in [0.1, 0.15) is 21.5 Å². The molecule has 0 unspecified atom stereocenters. The summed E-state index contributed by atoms with van der Waals surface area (Å²) < 4.78 is 0. The normalized spacial score (nSPS) is 10.6. The second-order valence-corrected chi connectivity index (χ2v) is 4.85. The Bertz CT molecular complexity index is 869. The largest absolute Gasteiger partial charge is 0.465 e. The van der Waals surface area contributed by atoms with Gasteiger partial charge in [0.15, 0.2) is 5.78 Å². The smallest absolute Gasteiger partial charge is 0.411 e. The number of carbonyl (C=O) groups is 2. The zero-order valence-electron chi connectivity index (χ0n) is 11.8. The van der Waals surface area contributed by atoms with Crippen LogP contribution in [0.2, 0.25) is 0 Å². The molecule has 22 heavy (non-hydrogen) atoms. The summed E-state index contributed by atoms with van der Waals surface area (Å²) in [5, 5.41) is 10.9. The van der Waals surface area contributed by atoms with E-state index in [1.54, 1.807) is 31.2 Å². The summed E-state index contributed by atoms with van der Waals surface area (Å²) in [6, 6.07) is 12.4. The van der Waals surface area contributed by atoms with Crippen molar-refractivity contribution < 1.29 is 14.7 Å². The topological polar surface area (TPSA) is 95.1 Å². The fourth-order valence-electron chi connectivity index (χ4n) is 2.36. The summed E-state index contributed by atoms with van der Waals surface area (Å²) in [5.41, 5.74) is 3.11. The number of benzene rings is 2. The van der Waals surface area contributed by atoms with Crippen LogP contribution in [0.25, 0.3) is 11.0 Å². The van der Waals surface area contributed by atoms with Gasteiger partial charge in [0, 0.05) is 11.1 Å². The summed E-state index contributed by atoms with van der Waals surface area (Å²) in [4.78, 5) is 30.3. The maximum Gasteiger partial charge on any atom is 0.411 e. The molecule has 3 N–H and O–H groups in total. The van der Waals surface area contributed by atoms with Gasteiger partial charge in [-0.1, -0.05) is 30.3 Å². The highest BCUT2D eigenvalue weighted by Gasteiger charge is 2.16. The Morgan fingerprint density at radius 3 is 2.55 bits per heavy atom. The number of aromatic amines is 1. The molecule has 0 aliphatic heterocycles. The monoisotopic (exact) mass is 295 g/mol. The third-order valence-electron chi connectivity index (χ3n) is 3.41. The van der Waals surface area contributed by atoms with Gasteiger partial charge in [0.25, 0.3) is 0 Å². The standard InChI is InChI=1S/C16H13N3O3/c1-9-11(14(20)10-5-3-2-4-6-10)7-8-12-13(9)18-15(17-12)19-16(21)22/h2-8H,1H3,(H,21,22)(H2,17,18,19). The molecule has 0 saturated heterocycles. The van der Waals surface area contributed by atoms with E-state index in [0.717, 1.165) is 0 Å². The third-order valence-corrected chi connectivity index (χ3v) is 3.41. The molecule has 110 valence electrons. The Kier molecular flexibility index (Phi) is 3.34. The van der Waals surface area contributed by atoms with Gasteiger partial charge in [-0.05, 0) is 24.6 Å². The summed E-state index contributed by atoms with van der Waals surface area (Å²) in [7, 11) is 0. The van der Waals surface area contributed by atoms with Crippen LogP contribution >= 0.6 is 0 Å². The van der Waals surface area contributed by atoms with Gasteiger partial charge in [0.05, 0.1) is 11.0 Å². The lowest BCUT2D eigenvalue weighted by molar-refractivity contribution is 0.103. The first kappa shape index (κ1) is 13.8. The Hall–Kier alpha value is -3.15. The molecular formula is C16H13N3O3. The van der Waals surface area contributed by atoms with Crippen molar-refractivity contribution in [1.82, 2.24) is 9.97 Å². The second kappa shape index (κ2) is 5.33. The van der Waals surface area contributed by atoms with Crippen molar-refractivity contribution in [3.8, 4) is 0 Å². The number of fused-ring (bicyclic) bond motifs is 1. The van der Waals surface area contributed by atoms with E-state index in [-0.39, 0.29) is 11.7 Å². The van der Waals surface area contributed by atoms with Crippen molar-refractivity contribution in [3.63, 3.8) is 0 Å². The number of carboxylic acid groups (broad SMARTS) is 1. The number of carbonyl (C=O) groups excluding carboxylic acids is 1. The molecule has 0 spiro atoms. The van der Waals surface area contributed by atoms with Gasteiger partial charge in [-0.15, -0.1) is 0 Å². The van der Waals surface area contributed by atoms with Crippen molar-refractivity contribution in [2.45, 2.75) is 6.92 Å². The number of nitrogens with one attached hydrogen (secondary N) is 2. The van der Waals surface area contributed by atoms with Crippen molar-refractivity contribution in [3.05, 3.63) is 59.2 Å². The molecule has 0 saturated carbocycles. The first-order chi connectivity index (χ1) is 10.6. The predicted molar refractivity (Wildman–Crippen MR) is 82.4 cm³/mol. The quantitative estimate of drug-likeness (QED) is 0.647. The number of ketones is 1. The molecule has 3 aromatic rings. The Morgan fingerprint density at radius 2 is 1.86 bits per heavy atom. The number of rotatable bonds is 3. The molecule has 3 rings (SSSR count). The molecule has 1 aromatic heterocycles. The lowest BCUT2D eigenvalue weighted by Gasteiger charge is -2.05. The van der Waals surface area contributed by atoms with E-state index in [0.29, 0.717) is 27.7 Å². The van der Waals surface area contributed by atoms with Gasteiger partial charge in [0.2, 0.25) is 5.95 Å². The second-order valence-electron chi connectivity index (χ2n) is 4.85. The van der Waals surface area contributed by atoms with Gasteiger partial charge >= 0.3 is 6.09 Å². The van der Waals surface area contributed by atoms with Gasteiger partial charge in [-0.2, -0.15) is 0 Å². The van der Waals surface area contributed by atoms with E-state index in [1.807, 2.05) is 18.2 Å². The number of anilines is 1. The molecule has 0 radical (unpaired) electrons. The molecular weight excluding hydrogens is 282 g/mol. The number of hydrogen-bond donors (Lipinski definition) is 3. The van der Waals surface area contributed by atoms with Crippen LogP contribution in [0.5, 0.6) is 0 Å². The number of nitrogens with zero attached hydrogens (tertiary/aromatic N) is 1. The fraction of sp³-hybridized carbons (Fsp3) is 0.0625. The molecule has 1 heterocycles. The Balaban J connectivity index is 2.06. The predicted octanol–water partition coefficient (Wildman–Crippen LogP) is 3.19. The van der Waals surface area contributed by atoms with E-state index in [2.05, 4.69) is 15.3 Å². The van der Waals surface area contributed by atoms with E-state index in [4.69, 9.17) is 5.11 Å². The first-order valence-electron chi connectivity index (χ1n) is 6.65. The average molecular weight is 295 g/mol. The van der Waals surface area contributed by atoms with Gasteiger partial charge < -0.3 is 10.1 Å². The Morgan fingerprint density at radius 1 is 1.14 bits per heavy atom. The molecule has 1 amide bonds. The molecule has 0 bridgehead atoms. The lowest BCUT2D eigenvalue weighted by atomic mass is 9.98. The summed E-state index contributed by atoms with van der Waals surface area (Å²) >= 11 is 0. The minimum atomic E-state index is -1.20. The molecule has 0 atom stereocenters.